The van der Waals surface area contributed by atoms with Gasteiger partial charge in [-0.05, 0) is 6.92 Å². The summed E-state index contributed by atoms with van der Waals surface area (Å²) >= 11 is 0. The van der Waals surface area contributed by atoms with Crippen LogP contribution in [0.5, 0.6) is 0 Å². The lowest BCUT2D eigenvalue weighted by atomic mass is 10.7. The fourth-order valence-corrected chi connectivity index (χ4v) is 0.949. The fraction of sp³-hybridized carbons (Fsp3) is 1.00. The molecule has 0 radical (unpaired) electrons. The van der Waals surface area contributed by atoms with Crippen molar-refractivity contribution in [1.29, 1.82) is 0 Å². The largest absolute Gasteiger partial charge is 0.329 e. The van der Waals surface area contributed by atoms with Crippen molar-refractivity contribution in [3.05, 3.63) is 0 Å². The van der Waals surface area contributed by atoms with Gasteiger partial charge in [-0.2, -0.15) is 0 Å². The Morgan fingerprint density at radius 2 is 2.00 bits per heavy atom. The zero-order valence-corrected chi connectivity index (χ0v) is 7.46. The van der Waals surface area contributed by atoms with Crippen LogP contribution < -0.4 is 10.5 Å². The highest BCUT2D eigenvalue weighted by Crippen LogP contribution is 1.78. The maximum atomic E-state index is 10.6. The topological polar surface area (TPSA) is 72.2 Å². The summed E-state index contributed by atoms with van der Waals surface area (Å²) in [6.45, 7) is 2.26. The van der Waals surface area contributed by atoms with E-state index >= 15 is 0 Å². The van der Waals surface area contributed by atoms with Gasteiger partial charge < -0.3 is 5.73 Å². The summed E-state index contributed by atoms with van der Waals surface area (Å²) in [6.07, 6.45) is 0. The Hall–Kier alpha value is 0.160. The van der Waals surface area contributed by atoms with E-state index in [9.17, 15) is 8.42 Å². The lowest BCUT2D eigenvalue weighted by Gasteiger charge is -1.99. The molecular weight excluding hydrogens is 176 g/mol. The third-order valence-electron chi connectivity index (χ3n) is 0.846. The molecule has 0 fully saturated rings. The third-order valence-corrected chi connectivity index (χ3v) is 2.25. The molecule has 4 nitrogen and oxygen atoms in total. The molecule has 0 aromatic carbocycles. The molecule has 0 unspecified atom stereocenters. The van der Waals surface area contributed by atoms with Gasteiger partial charge in [-0.25, -0.2) is 13.1 Å². The van der Waals surface area contributed by atoms with Gasteiger partial charge in [-0.15, -0.1) is 12.4 Å². The molecule has 0 saturated heterocycles. The fourth-order valence-electron chi connectivity index (χ4n) is 0.316. The number of nitrogens with two attached hydrogens (primary N) is 1. The van der Waals surface area contributed by atoms with Crippen LogP contribution in [-0.4, -0.2) is 27.3 Å². The standard InChI is InChI=1S/C4H12N2O2S.ClH/c1-2-9(7,8)6-4-3-5;/h6H,2-5H2,1H3;1H. The molecule has 0 aliphatic carbocycles. The highest BCUT2D eigenvalue weighted by atomic mass is 35.5. The second-order valence-corrected chi connectivity index (χ2v) is 3.68. The summed E-state index contributed by atoms with van der Waals surface area (Å²) < 4.78 is 23.5. The molecule has 3 N–H and O–H groups in total. The maximum Gasteiger partial charge on any atom is 0.211 e. The highest BCUT2D eigenvalue weighted by molar-refractivity contribution is 7.89. The minimum atomic E-state index is -3.01. The molecule has 0 amide bonds. The zero-order valence-electron chi connectivity index (χ0n) is 5.83. The Balaban J connectivity index is 0. The average molecular weight is 189 g/mol. The van der Waals surface area contributed by atoms with Gasteiger partial charge >= 0.3 is 0 Å². The Morgan fingerprint density at radius 3 is 2.30 bits per heavy atom. The van der Waals surface area contributed by atoms with Crippen LogP contribution in [0.15, 0.2) is 0 Å². The second-order valence-electron chi connectivity index (χ2n) is 1.59. The van der Waals surface area contributed by atoms with E-state index in [2.05, 4.69) is 4.72 Å². The number of hydrogen-bond donors (Lipinski definition) is 2. The van der Waals surface area contributed by atoms with Crippen molar-refractivity contribution in [2.45, 2.75) is 6.92 Å². The first-order valence-electron chi connectivity index (χ1n) is 2.80. The number of hydrogen-bond acceptors (Lipinski definition) is 3. The van der Waals surface area contributed by atoms with Crippen molar-refractivity contribution in [2.24, 2.45) is 5.73 Å². The van der Waals surface area contributed by atoms with Gasteiger partial charge in [-0.1, -0.05) is 0 Å². The summed E-state index contributed by atoms with van der Waals surface area (Å²) in [5.74, 6) is 0.118. The van der Waals surface area contributed by atoms with E-state index in [0.29, 0.717) is 13.1 Å². The lowest BCUT2D eigenvalue weighted by Crippen LogP contribution is -2.30. The van der Waals surface area contributed by atoms with Crippen molar-refractivity contribution in [2.75, 3.05) is 18.8 Å². The normalized spacial score (nSPS) is 10.6. The van der Waals surface area contributed by atoms with Crippen LogP contribution in [0.4, 0.5) is 0 Å². The van der Waals surface area contributed by atoms with Crippen LogP contribution >= 0.6 is 12.4 Å². The van der Waals surface area contributed by atoms with Crippen LogP contribution in [0, 0.1) is 0 Å². The van der Waals surface area contributed by atoms with E-state index < -0.39 is 10.0 Å². The highest BCUT2D eigenvalue weighted by Gasteiger charge is 2.02. The zero-order chi connectivity index (χ0) is 7.33. The molecule has 0 atom stereocenters. The molecule has 10 heavy (non-hydrogen) atoms. The minimum Gasteiger partial charge on any atom is -0.329 e. The predicted molar refractivity (Wildman–Crippen MR) is 43.8 cm³/mol. The molecule has 0 aromatic heterocycles. The van der Waals surface area contributed by atoms with Crippen molar-refractivity contribution in [1.82, 2.24) is 4.72 Å². The van der Waals surface area contributed by atoms with Gasteiger partial charge in [0.05, 0.1) is 5.75 Å². The van der Waals surface area contributed by atoms with Gasteiger partial charge in [0.2, 0.25) is 10.0 Å². The monoisotopic (exact) mass is 188 g/mol. The SMILES string of the molecule is CCS(=O)(=O)NCCN.Cl. The number of rotatable bonds is 4. The van der Waals surface area contributed by atoms with Crippen molar-refractivity contribution >= 4 is 22.4 Å². The summed E-state index contributed by atoms with van der Waals surface area (Å²) in [6, 6.07) is 0. The minimum absolute atomic E-state index is 0. The molecule has 64 valence electrons. The summed E-state index contributed by atoms with van der Waals surface area (Å²) in [5, 5.41) is 0. The first-order chi connectivity index (χ1) is 4.12. The first-order valence-corrected chi connectivity index (χ1v) is 4.45. The smallest absolute Gasteiger partial charge is 0.211 e. The van der Waals surface area contributed by atoms with E-state index in [1.54, 1.807) is 6.92 Å². The second kappa shape index (κ2) is 5.91. The Labute approximate surface area is 67.6 Å². The molecule has 0 aromatic rings. The third kappa shape index (κ3) is 6.28. The molecule has 6 heteroatoms. The van der Waals surface area contributed by atoms with Crippen LogP contribution in [0.25, 0.3) is 0 Å². The van der Waals surface area contributed by atoms with Crippen LogP contribution in [0.1, 0.15) is 6.92 Å². The first kappa shape index (κ1) is 12.8. The summed E-state index contributed by atoms with van der Waals surface area (Å²) in [4.78, 5) is 0. The van der Waals surface area contributed by atoms with E-state index in [1.165, 1.54) is 0 Å². The molecular formula is C4H13ClN2O2S. The van der Waals surface area contributed by atoms with Gasteiger partial charge in [0, 0.05) is 13.1 Å². The Morgan fingerprint density at radius 1 is 1.50 bits per heavy atom. The molecule has 0 aliphatic heterocycles. The van der Waals surface area contributed by atoms with Gasteiger partial charge in [0.15, 0.2) is 0 Å². The average Bonchev–Trinajstić information content (AvgIpc) is 1.84. The van der Waals surface area contributed by atoms with Gasteiger partial charge in [0.1, 0.15) is 0 Å². The maximum absolute atomic E-state index is 10.6. The molecule has 0 aliphatic rings. The van der Waals surface area contributed by atoms with Gasteiger partial charge in [-0.3, -0.25) is 0 Å². The van der Waals surface area contributed by atoms with Crippen LogP contribution in [0.3, 0.4) is 0 Å². The van der Waals surface area contributed by atoms with Crippen molar-refractivity contribution in [3.8, 4) is 0 Å². The molecule has 0 heterocycles. The number of halogens is 1. The number of sulfonamides is 1. The predicted octanol–water partition coefficient (Wildman–Crippen LogP) is -0.694. The summed E-state index contributed by atoms with van der Waals surface area (Å²) in [7, 11) is -3.01. The van der Waals surface area contributed by atoms with Crippen LogP contribution in [0.2, 0.25) is 0 Å². The summed E-state index contributed by atoms with van der Waals surface area (Å²) in [5.41, 5.74) is 5.06. The van der Waals surface area contributed by atoms with E-state index in [-0.39, 0.29) is 18.2 Å². The van der Waals surface area contributed by atoms with Gasteiger partial charge in [0.25, 0.3) is 0 Å². The Kier molecular flexibility index (Phi) is 7.56. The van der Waals surface area contributed by atoms with Crippen LogP contribution in [-0.2, 0) is 10.0 Å². The lowest BCUT2D eigenvalue weighted by molar-refractivity contribution is 0.583. The molecule has 0 spiro atoms. The number of nitrogens with one attached hydrogen (secondary N) is 1. The molecule has 0 rings (SSSR count). The van der Waals surface area contributed by atoms with E-state index in [0.717, 1.165) is 0 Å². The van der Waals surface area contributed by atoms with E-state index in [4.69, 9.17) is 5.73 Å². The quantitative estimate of drug-likeness (QED) is 0.614. The van der Waals surface area contributed by atoms with Crippen molar-refractivity contribution < 1.29 is 8.42 Å². The Bertz CT molecular complexity index is 157. The molecule has 0 bridgehead atoms. The molecule has 0 saturated carbocycles. The van der Waals surface area contributed by atoms with E-state index in [1.807, 2.05) is 0 Å². The van der Waals surface area contributed by atoms with Crippen molar-refractivity contribution in [3.63, 3.8) is 0 Å².